The molecule has 0 unspecified atom stereocenters. The summed E-state index contributed by atoms with van der Waals surface area (Å²) >= 11 is 6.16. The fraction of sp³-hybridized carbons (Fsp3) is 0.304. The van der Waals surface area contributed by atoms with Gasteiger partial charge in [0.25, 0.3) is 0 Å². The Morgan fingerprint density at radius 1 is 1.13 bits per heavy atom. The number of nitrogens with zero attached hydrogens (tertiary/aromatic N) is 1. The number of carbonyl (C=O) groups excluding carboxylic acids is 1. The third kappa shape index (κ3) is 6.67. The summed E-state index contributed by atoms with van der Waals surface area (Å²) in [7, 11) is -3.72. The number of sulfone groups is 1. The molecule has 0 bridgehead atoms. The van der Waals surface area contributed by atoms with E-state index >= 15 is 0 Å². The van der Waals surface area contributed by atoms with Gasteiger partial charge in [0.1, 0.15) is 11.5 Å². The third-order valence-corrected chi connectivity index (χ3v) is 6.57. The van der Waals surface area contributed by atoms with Crippen LogP contribution in [0.5, 0.6) is 0 Å². The van der Waals surface area contributed by atoms with Gasteiger partial charge in [-0.3, -0.25) is 4.79 Å². The van der Waals surface area contributed by atoms with Crippen molar-refractivity contribution in [3.05, 3.63) is 76.6 Å². The number of oxazole rings is 1. The van der Waals surface area contributed by atoms with Crippen molar-refractivity contribution in [2.75, 3.05) is 5.75 Å². The van der Waals surface area contributed by atoms with Gasteiger partial charge >= 0.3 is 0 Å². The number of aryl methyl sites for hydroxylation is 2. The van der Waals surface area contributed by atoms with Gasteiger partial charge in [-0.2, -0.15) is 0 Å². The second-order valence-corrected chi connectivity index (χ2v) is 10.00. The zero-order valence-electron chi connectivity index (χ0n) is 17.5. The average molecular weight is 461 g/mol. The largest absolute Gasteiger partial charge is 0.441 e. The third-order valence-electron chi connectivity index (χ3n) is 4.82. The molecular formula is C23H25ClN2O4S. The standard InChI is InChI=1S/C23H25ClN2O4S/c1-16(12-13-18-8-4-3-5-9-18)25-22(27)15-31(28,29)14-21-17(2)30-23(26-21)19-10-6-7-11-20(19)24/h3-11,16H,12-15H2,1-2H3,(H,25,27)/t16-/m0/s1. The maximum absolute atomic E-state index is 12.6. The number of aromatic nitrogens is 1. The van der Waals surface area contributed by atoms with Crippen molar-refractivity contribution < 1.29 is 17.6 Å². The number of halogens is 1. The van der Waals surface area contributed by atoms with Crippen molar-refractivity contribution in [3.63, 3.8) is 0 Å². The Bertz CT molecular complexity index is 1140. The van der Waals surface area contributed by atoms with Crippen LogP contribution in [0.4, 0.5) is 0 Å². The highest BCUT2D eigenvalue weighted by atomic mass is 35.5. The lowest BCUT2D eigenvalue weighted by atomic mass is 10.1. The highest BCUT2D eigenvalue weighted by Gasteiger charge is 2.23. The molecule has 0 saturated carbocycles. The summed E-state index contributed by atoms with van der Waals surface area (Å²) in [5, 5.41) is 3.23. The summed E-state index contributed by atoms with van der Waals surface area (Å²) in [5.74, 6) is -0.856. The topological polar surface area (TPSA) is 89.3 Å². The van der Waals surface area contributed by atoms with Gasteiger partial charge < -0.3 is 9.73 Å². The fourth-order valence-corrected chi connectivity index (χ4v) is 4.67. The van der Waals surface area contributed by atoms with Gasteiger partial charge in [-0.15, -0.1) is 0 Å². The highest BCUT2D eigenvalue weighted by molar-refractivity contribution is 7.91. The van der Waals surface area contributed by atoms with E-state index in [1.165, 1.54) is 5.56 Å². The number of carbonyl (C=O) groups is 1. The molecule has 0 aliphatic heterocycles. The fourth-order valence-electron chi connectivity index (χ4n) is 3.19. The Morgan fingerprint density at radius 3 is 2.52 bits per heavy atom. The molecule has 0 fully saturated rings. The molecule has 8 heteroatoms. The summed E-state index contributed by atoms with van der Waals surface area (Å²) in [6, 6.07) is 16.8. The minimum absolute atomic E-state index is 0.136. The first-order valence-corrected chi connectivity index (χ1v) is 12.2. The van der Waals surface area contributed by atoms with E-state index in [1.807, 2.05) is 37.3 Å². The van der Waals surface area contributed by atoms with Gasteiger partial charge in [0.2, 0.25) is 11.8 Å². The van der Waals surface area contributed by atoms with E-state index in [0.29, 0.717) is 16.3 Å². The summed E-state index contributed by atoms with van der Waals surface area (Å²) in [6.07, 6.45) is 1.53. The van der Waals surface area contributed by atoms with E-state index in [-0.39, 0.29) is 23.4 Å². The molecule has 6 nitrogen and oxygen atoms in total. The van der Waals surface area contributed by atoms with Crippen LogP contribution in [0.1, 0.15) is 30.4 Å². The number of nitrogens with one attached hydrogen (secondary N) is 1. The molecule has 31 heavy (non-hydrogen) atoms. The summed E-state index contributed by atoms with van der Waals surface area (Å²) in [6.45, 7) is 3.51. The molecule has 1 aromatic heterocycles. The smallest absolute Gasteiger partial charge is 0.235 e. The maximum atomic E-state index is 12.6. The summed E-state index contributed by atoms with van der Waals surface area (Å²) in [4.78, 5) is 16.6. The zero-order valence-corrected chi connectivity index (χ0v) is 19.0. The summed E-state index contributed by atoms with van der Waals surface area (Å²) in [5.41, 5.74) is 2.03. The van der Waals surface area contributed by atoms with Gasteiger partial charge in [0.05, 0.1) is 22.0 Å². The van der Waals surface area contributed by atoms with Crippen molar-refractivity contribution in [2.24, 2.45) is 0 Å². The quantitative estimate of drug-likeness (QED) is 0.512. The number of hydrogen-bond donors (Lipinski definition) is 1. The van der Waals surface area contributed by atoms with Crippen molar-refractivity contribution >= 4 is 27.3 Å². The van der Waals surface area contributed by atoms with Crippen molar-refractivity contribution in [1.29, 1.82) is 0 Å². The molecular weight excluding hydrogens is 436 g/mol. The molecule has 0 spiro atoms. The van der Waals surface area contributed by atoms with E-state index in [2.05, 4.69) is 10.3 Å². The van der Waals surface area contributed by atoms with Crippen LogP contribution in [-0.2, 0) is 26.8 Å². The molecule has 3 aromatic rings. The lowest BCUT2D eigenvalue weighted by molar-refractivity contribution is -0.119. The van der Waals surface area contributed by atoms with E-state index in [9.17, 15) is 13.2 Å². The van der Waals surface area contributed by atoms with Crippen LogP contribution in [-0.4, -0.2) is 31.1 Å². The lowest BCUT2D eigenvalue weighted by Crippen LogP contribution is -2.37. The molecule has 1 heterocycles. The second kappa shape index (κ2) is 10.1. The van der Waals surface area contributed by atoms with Crippen molar-refractivity contribution in [1.82, 2.24) is 10.3 Å². The van der Waals surface area contributed by atoms with Gasteiger partial charge in [0, 0.05) is 6.04 Å². The first-order valence-electron chi connectivity index (χ1n) is 9.98. The molecule has 1 amide bonds. The molecule has 3 rings (SSSR count). The minimum Gasteiger partial charge on any atom is -0.441 e. The number of amides is 1. The summed E-state index contributed by atoms with van der Waals surface area (Å²) < 4.78 is 30.7. The average Bonchev–Trinajstić information content (AvgIpc) is 3.06. The van der Waals surface area contributed by atoms with E-state index in [1.54, 1.807) is 31.2 Å². The number of rotatable bonds is 9. The normalized spacial score (nSPS) is 12.5. The Balaban J connectivity index is 1.57. The zero-order chi connectivity index (χ0) is 22.4. The Morgan fingerprint density at radius 2 is 1.81 bits per heavy atom. The van der Waals surface area contributed by atoms with E-state index in [0.717, 1.165) is 12.8 Å². The predicted octanol–water partition coefficient (Wildman–Crippen LogP) is 4.36. The van der Waals surface area contributed by atoms with Crippen LogP contribution in [0, 0.1) is 6.92 Å². The molecule has 0 saturated heterocycles. The molecule has 1 N–H and O–H groups in total. The molecule has 0 aliphatic carbocycles. The minimum atomic E-state index is -3.72. The first-order chi connectivity index (χ1) is 14.7. The van der Waals surface area contributed by atoms with E-state index in [4.69, 9.17) is 16.0 Å². The van der Waals surface area contributed by atoms with Crippen LogP contribution >= 0.6 is 11.6 Å². The van der Waals surface area contributed by atoms with Gasteiger partial charge in [-0.05, 0) is 44.4 Å². The number of hydrogen-bond acceptors (Lipinski definition) is 5. The highest BCUT2D eigenvalue weighted by Crippen LogP contribution is 2.28. The lowest BCUT2D eigenvalue weighted by Gasteiger charge is -2.14. The Labute approximate surface area is 187 Å². The Kier molecular flexibility index (Phi) is 7.51. The van der Waals surface area contributed by atoms with Crippen LogP contribution in [0.15, 0.2) is 59.0 Å². The van der Waals surface area contributed by atoms with Crippen LogP contribution < -0.4 is 5.32 Å². The van der Waals surface area contributed by atoms with E-state index < -0.39 is 21.5 Å². The Hall–Kier alpha value is -2.64. The monoisotopic (exact) mass is 460 g/mol. The van der Waals surface area contributed by atoms with Crippen molar-refractivity contribution in [3.8, 4) is 11.5 Å². The van der Waals surface area contributed by atoms with Gasteiger partial charge in [-0.1, -0.05) is 54.1 Å². The van der Waals surface area contributed by atoms with Gasteiger partial charge in [-0.25, -0.2) is 13.4 Å². The SMILES string of the molecule is Cc1oc(-c2ccccc2Cl)nc1CS(=O)(=O)CC(=O)N[C@@H](C)CCc1ccccc1. The first kappa shape index (κ1) is 23.0. The molecule has 2 aromatic carbocycles. The van der Waals surface area contributed by atoms with Crippen LogP contribution in [0.3, 0.4) is 0 Å². The maximum Gasteiger partial charge on any atom is 0.235 e. The predicted molar refractivity (Wildman–Crippen MR) is 122 cm³/mol. The molecule has 1 atom stereocenters. The molecule has 0 radical (unpaired) electrons. The number of benzene rings is 2. The van der Waals surface area contributed by atoms with Crippen LogP contribution in [0.25, 0.3) is 11.5 Å². The second-order valence-electron chi connectivity index (χ2n) is 7.53. The van der Waals surface area contributed by atoms with Crippen LogP contribution in [0.2, 0.25) is 5.02 Å². The molecule has 0 aliphatic rings. The molecule has 164 valence electrons. The van der Waals surface area contributed by atoms with Crippen molar-refractivity contribution in [2.45, 2.75) is 38.5 Å². The van der Waals surface area contributed by atoms with Gasteiger partial charge in [0.15, 0.2) is 9.84 Å².